The van der Waals surface area contributed by atoms with Crippen molar-refractivity contribution in [3.63, 3.8) is 0 Å². The van der Waals surface area contributed by atoms with Crippen LogP contribution < -0.4 is 0 Å². The molecule has 1 aromatic carbocycles. The zero-order valence-corrected chi connectivity index (χ0v) is 9.13. The number of alkyl halides is 3. The Labute approximate surface area is 100.0 Å². The molecular formula is C11H10F4O3. The van der Waals surface area contributed by atoms with E-state index in [9.17, 15) is 22.4 Å². The van der Waals surface area contributed by atoms with E-state index in [1.54, 1.807) is 0 Å². The minimum absolute atomic E-state index is 0.00433. The quantitative estimate of drug-likeness (QED) is 0.658. The fourth-order valence-corrected chi connectivity index (χ4v) is 1.26. The summed E-state index contributed by atoms with van der Waals surface area (Å²) in [5, 5.41) is 8.78. The Morgan fingerprint density at radius 1 is 1.33 bits per heavy atom. The van der Waals surface area contributed by atoms with Gasteiger partial charge in [0.1, 0.15) is 5.82 Å². The molecule has 0 aliphatic carbocycles. The van der Waals surface area contributed by atoms with Gasteiger partial charge in [0.2, 0.25) is 0 Å². The van der Waals surface area contributed by atoms with Gasteiger partial charge in [-0.15, -0.1) is 0 Å². The molecule has 0 aliphatic heterocycles. The fourth-order valence-electron chi connectivity index (χ4n) is 1.26. The number of carboxylic acids is 1. The molecule has 0 aliphatic rings. The normalized spacial score (nSPS) is 11.6. The molecule has 1 aromatic rings. The monoisotopic (exact) mass is 266 g/mol. The maximum absolute atomic E-state index is 12.9. The average molecular weight is 266 g/mol. The fraction of sp³-hybridized carbons (Fsp3) is 0.364. The molecule has 18 heavy (non-hydrogen) atoms. The maximum Gasteiger partial charge on any atom is 0.391 e. The summed E-state index contributed by atoms with van der Waals surface area (Å²) in [7, 11) is 0. The van der Waals surface area contributed by atoms with Crippen molar-refractivity contribution < 1.29 is 32.2 Å². The summed E-state index contributed by atoms with van der Waals surface area (Å²) in [6, 6.07) is 2.93. The van der Waals surface area contributed by atoms with E-state index < -0.39 is 31.0 Å². The van der Waals surface area contributed by atoms with E-state index in [2.05, 4.69) is 0 Å². The molecule has 0 saturated heterocycles. The van der Waals surface area contributed by atoms with Gasteiger partial charge in [0.15, 0.2) is 0 Å². The Hall–Kier alpha value is -1.63. The van der Waals surface area contributed by atoms with Gasteiger partial charge in [-0.05, 0) is 23.8 Å². The van der Waals surface area contributed by atoms with E-state index in [-0.39, 0.29) is 17.7 Å². The zero-order chi connectivity index (χ0) is 13.8. The van der Waals surface area contributed by atoms with Gasteiger partial charge in [-0.1, -0.05) is 0 Å². The third-order valence-electron chi connectivity index (χ3n) is 2.09. The predicted molar refractivity (Wildman–Crippen MR) is 53.7 cm³/mol. The van der Waals surface area contributed by atoms with E-state index >= 15 is 0 Å². The Morgan fingerprint density at radius 3 is 2.56 bits per heavy atom. The highest BCUT2D eigenvalue weighted by Gasteiger charge is 2.26. The molecule has 0 spiro atoms. The van der Waals surface area contributed by atoms with Gasteiger partial charge in [-0.25, -0.2) is 9.18 Å². The number of rotatable bonds is 5. The van der Waals surface area contributed by atoms with Crippen molar-refractivity contribution in [2.45, 2.75) is 19.2 Å². The summed E-state index contributed by atoms with van der Waals surface area (Å²) in [6.45, 7) is -0.978. The van der Waals surface area contributed by atoms with Crippen LogP contribution in [0, 0.1) is 5.82 Å². The van der Waals surface area contributed by atoms with Crippen molar-refractivity contribution >= 4 is 5.97 Å². The molecule has 0 unspecified atom stereocenters. The summed E-state index contributed by atoms with van der Waals surface area (Å²) in [4.78, 5) is 10.8. The third kappa shape index (κ3) is 4.70. The van der Waals surface area contributed by atoms with Crippen LogP contribution in [-0.4, -0.2) is 23.9 Å². The van der Waals surface area contributed by atoms with Crippen LogP contribution >= 0.6 is 0 Å². The van der Waals surface area contributed by atoms with Crippen LogP contribution in [0.4, 0.5) is 17.6 Å². The van der Waals surface area contributed by atoms with Crippen molar-refractivity contribution in [3.8, 4) is 0 Å². The molecule has 0 heterocycles. The number of halogens is 4. The lowest BCUT2D eigenvalue weighted by atomic mass is 10.1. The van der Waals surface area contributed by atoms with E-state index in [1.807, 2.05) is 0 Å². The lowest BCUT2D eigenvalue weighted by Gasteiger charge is -2.09. The van der Waals surface area contributed by atoms with Crippen LogP contribution in [0.1, 0.15) is 22.3 Å². The second kappa shape index (κ2) is 5.81. The average Bonchev–Trinajstić information content (AvgIpc) is 2.22. The number of hydrogen-bond acceptors (Lipinski definition) is 2. The SMILES string of the molecule is O=C(O)c1ccc(F)cc1COCCC(F)(F)F. The number of carboxylic acid groups (broad SMARTS) is 1. The Morgan fingerprint density at radius 2 is 2.00 bits per heavy atom. The van der Waals surface area contributed by atoms with Crippen LogP contribution in [0.25, 0.3) is 0 Å². The number of ether oxygens (including phenoxy) is 1. The van der Waals surface area contributed by atoms with Gasteiger partial charge in [-0.2, -0.15) is 13.2 Å². The van der Waals surface area contributed by atoms with Crippen LogP contribution in [-0.2, 0) is 11.3 Å². The number of hydrogen-bond donors (Lipinski definition) is 1. The molecule has 0 radical (unpaired) electrons. The molecule has 0 aromatic heterocycles. The number of carbonyl (C=O) groups is 1. The van der Waals surface area contributed by atoms with Gasteiger partial charge in [-0.3, -0.25) is 0 Å². The van der Waals surface area contributed by atoms with Gasteiger partial charge in [0, 0.05) is 0 Å². The second-order valence-electron chi connectivity index (χ2n) is 3.52. The van der Waals surface area contributed by atoms with Crippen LogP contribution in [0.5, 0.6) is 0 Å². The first-order valence-electron chi connectivity index (χ1n) is 4.96. The Bertz CT molecular complexity index is 429. The smallest absolute Gasteiger partial charge is 0.391 e. The summed E-state index contributed by atoms with van der Waals surface area (Å²) in [5.74, 6) is -1.96. The summed E-state index contributed by atoms with van der Waals surface area (Å²) >= 11 is 0. The molecular weight excluding hydrogens is 256 g/mol. The second-order valence-corrected chi connectivity index (χ2v) is 3.52. The molecule has 0 atom stereocenters. The molecule has 0 fully saturated rings. The molecule has 3 nitrogen and oxygen atoms in total. The van der Waals surface area contributed by atoms with Gasteiger partial charge in [0.05, 0.1) is 25.2 Å². The molecule has 0 bridgehead atoms. The highest BCUT2D eigenvalue weighted by Crippen LogP contribution is 2.20. The molecule has 0 saturated carbocycles. The molecule has 100 valence electrons. The van der Waals surface area contributed by atoms with Crippen molar-refractivity contribution in [2.75, 3.05) is 6.61 Å². The molecule has 1 rings (SSSR count). The lowest BCUT2D eigenvalue weighted by molar-refractivity contribution is -0.146. The Balaban J connectivity index is 2.61. The van der Waals surface area contributed by atoms with E-state index in [4.69, 9.17) is 9.84 Å². The predicted octanol–water partition coefficient (Wildman–Crippen LogP) is 2.99. The highest BCUT2D eigenvalue weighted by atomic mass is 19.4. The van der Waals surface area contributed by atoms with E-state index in [0.717, 1.165) is 18.2 Å². The standard InChI is InChI=1S/C11H10F4O3/c12-8-1-2-9(10(16)17)7(5-8)6-18-4-3-11(13,14)15/h1-2,5H,3-4,6H2,(H,16,17). The van der Waals surface area contributed by atoms with Crippen molar-refractivity contribution in [1.82, 2.24) is 0 Å². The zero-order valence-electron chi connectivity index (χ0n) is 9.13. The lowest BCUT2D eigenvalue weighted by Crippen LogP contribution is -2.12. The molecule has 0 amide bonds. The molecule has 7 heteroatoms. The number of aromatic carboxylic acids is 1. The van der Waals surface area contributed by atoms with Gasteiger partial charge >= 0.3 is 12.1 Å². The topological polar surface area (TPSA) is 46.5 Å². The number of benzene rings is 1. The van der Waals surface area contributed by atoms with Gasteiger partial charge in [0.25, 0.3) is 0 Å². The summed E-state index contributed by atoms with van der Waals surface area (Å²) < 4.78 is 53.0. The van der Waals surface area contributed by atoms with E-state index in [1.165, 1.54) is 0 Å². The maximum atomic E-state index is 12.9. The first kappa shape index (κ1) is 14.4. The van der Waals surface area contributed by atoms with Gasteiger partial charge < -0.3 is 9.84 Å². The highest BCUT2D eigenvalue weighted by molar-refractivity contribution is 5.89. The van der Waals surface area contributed by atoms with Crippen LogP contribution in [0.2, 0.25) is 0 Å². The van der Waals surface area contributed by atoms with Crippen LogP contribution in [0.15, 0.2) is 18.2 Å². The largest absolute Gasteiger partial charge is 0.478 e. The van der Waals surface area contributed by atoms with Crippen molar-refractivity contribution in [1.29, 1.82) is 0 Å². The summed E-state index contributed by atoms with van der Waals surface area (Å²) in [5.41, 5.74) is -0.187. The van der Waals surface area contributed by atoms with E-state index in [0.29, 0.717) is 0 Å². The third-order valence-corrected chi connectivity index (χ3v) is 2.09. The Kier molecular flexibility index (Phi) is 4.66. The first-order chi connectivity index (χ1) is 8.29. The summed E-state index contributed by atoms with van der Waals surface area (Å²) in [6.07, 6.45) is -5.47. The van der Waals surface area contributed by atoms with Crippen LogP contribution in [0.3, 0.4) is 0 Å². The first-order valence-corrected chi connectivity index (χ1v) is 4.96. The minimum atomic E-state index is -4.34. The van der Waals surface area contributed by atoms with Crippen molar-refractivity contribution in [3.05, 3.63) is 35.1 Å². The molecule has 1 N–H and O–H groups in total. The minimum Gasteiger partial charge on any atom is -0.478 e. The van der Waals surface area contributed by atoms with Crippen molar-refractivity contribution in [2.24, 2.45) is 0 Å².